The summed E-state index contributed by atoms with van der Waals surface area (Å²) in [5, 5.41) is 5.41. The first-order valence-electron chi connectivity index (χ1n) is 10.6. The van der Waals surface area contributed by atoms with Crippen molar-refractivity contribution in [3.63, 3.8) is 0 Å². The molecule has 0 aliphatic carbocycles. The van der Waals surface area contributed by atoms with Gasteiger partial charge in [0.15, 0.2) is 0 Å². The summed E-state index contributed by atoms with van der Waals surface area (Å²) >= 11 is 9.62. The molecule has 0 fully saturated rings. The Morgan fingerprint density at radius 1 is 1.15 bits per heavy atom. The van der Waals surface area contributed by atoms with Crippen molar-refractivity contribution < 1.29 is 9.13 Å². The first-order valence-corrected chi connectivity index (χ1v) is 11.7. The molecule has 1 heterocycles. The Morgan fingerprint density at radius 3 is 2.65 bits per heavy atom. The lowest BCUT2D eigenvalue weighted by Crippen LogP contribution is -2.29. The van der Waals surface area contributed by atoms with Crippen LogP contribution in [0, 0.1) is 5.82 Å². The summed E-state index contributed by atoms with van der Waals surface area (Å²) < 4.78 is 21.9. The van der Waals surface area contributed by atoms with Crippen molar-refractivity contribution in [2.24, 2.45) is 5.10 Å². The van der Waals surface area contributed by atoms with Crippen LogP contribution in [0.25, 0.3) is 10.9 Å². The van der Waals surface area contributed by atoms with Gasteiger partial charge in [-0.2, -0.15) is 9.78 Å². The number of nitrogens with zero attached hydrogens (tertiary/aromatic N) is 3. The van der Waals surface area contributed by atoms with Crippen LogP contribution in [0.4, 0.5) is 4.39 Å². The number of ether oxygens (including phenoxy) is 1. The molecule has 0 saturated heterocycles. The van der Waals surface area contributed by atoms with Gasteiger partial charge in [0.25, 0.3) is 5.56 Å². The Hall–Kier alpha value is -3.03. The van der Waals surface area contributed by atoms with E-state index in [2.05, 4.69) is 21.0 Å². The van der Waals surface area contributed by atoms with E-state index in [9.17, 15) is 9.18 Å². The van der Waals surface area contributed by atoms with Gasteiger partial charge < -0.3 is 4.74 Å². The minimum atomic E-state index is -0.448. The van der Waals surface area contributed by atoms with Crippen LogP contribution in [-0.2, 0) is 12.0 Å². The molecule has 3 aromatic carbocycles. The first kappa shape index (κ1) is 24.1. The lowest BCUT2D eigenvalue weighted by molar-refractivity contribution is 0.299. The Morgan fingerprint density at radius 2 is 1.91 bits per heavy atom. The monoisotopic (exact) mass is 541 g/mol. The zero-order valence-electron chi connectivity index (χ0n) is 18.8. The quantitative estimate of drug-likeness (QED) is 0.263. The van der Waals surface area contributed by atoms with Gasteiger partial charge in [0.2, 0.25) is 0 Å². The predicted octanol–water partition coefficient (Wildman–Crippen LogP) is 6.71. The van der Waals surface area contributed by atoms with Crippen molar-refractivity contribution in [1.82, 2.24) is 9.66 Å². The molecule has 0 aliphatic heterocycles. The molecule has 0 bridgehead atoms. The van der Waals surface area contributed by atoms with Crippen molar-refractivity contribution in [2.45, 2.75) is 32.8 Å². The van der Waals surface area contributed by atoms with Crippen molar-refractivity contribution in [3.05, 3.63) is 103 Å². The maximum absolute atomic E-state index is 14.0. The number of halogens is 3. The van der Waals surface area contributed by atoms with Crippen LogP contribution in [0.2, 0.25) is 5.02 Å². The fourth-order valence-electron chi connectivity index (χ4n) is 3.38. The summed E-state index contributed by atoms with van der Waals surface area (Å²) in [6.07, 6.45) is 1.50. The van der Waals surface area contributed by atoms with Crippen molar-refractivity contribution in [2.75, 3.05) is 0 Å². The Labute approximate surface area is 210 Å². The molecule has 0 N–H and O–H groups in total. The first-order chi connectivity index (χ1) is 16.1. The number of rotatable bonds is 5. The standard InChI is InChI=1S/C26H22BrClFN3O2/c1-26(2,3)25-31-22-10-8-18(27)13-20(22)24(33)32(25)30-14-17-12-19(28)9-11-23(17)34-15-16-6-4-5-7-21(16)29/h4-14H,15H2,1-3H3. The van der Waals surface area contributed by atoms with Gasteiger partial charge in [-0.3, -0.25) is 4.79 Å². The SMILES string of the molecule is CC(C)(C)c1nc2ccc(Br)cc2c(=O)n1N=Cc1cc(Cl)ccc1OCc1ccccc1F. The third-order valence-electron chi connectivity index (χ3n) is 5.10. The van der Waals surface area contributed by atoms with Gasteiger partial charge in [-0.15, -0.1) is 0 Å². The van der Waals surface area contributed by atoms with Gasteiger partial charge in [-0.1, -0.05) is 66.5 Å². The number of fused-ring (bicyclic) bond motifs is 1. The third kappa shape index (κ3) is 5.21. The van der Waals surface area contributed by atoms with E-state index in [1.54, 1.807) is 48.5 Å². The van der Waals surface area contributed by atoms with Crippen LogP contribution < -0.4 is 10.3 Å². The molecule has 0 spiro atoms. The van der Waals surface area contributed by atoms with Crippen molar-refractivity contribution in [1.29, 1.82) is 0 Å². The molecule has 5 nitrogen and oxygen atoms in total. The maximum Gasteiger partial charge on any atom is 0.282 e. The topological polar surface area (TPSA) is 56.5 Å². The summed E-state index contributed by atoms with van der Waals surface area (Å²) in [4.78, 5) is 18.1. The number of benzene rings is 3. The van der Waals surface area contributed by atoms with E-state index in [0.717, 1.165) is 4.47 Å². The normalized spacial score (nSPS) is 11.9. The highest BCUT2D eigenvalue weighted by atomic mass is 79.9. The summed E-state index contributed by atoms with van der Waals surface area (Å²) in [5.41, 5.74) is 0.835. The lowest BCUT2D eigenvalue weighted by Gasteiger charge is -2.21. The molecule has 1 aromatic heterocycles. The van der Waals surface area contributed by atoms with E-state index < -0.39 is 5.41 Å². The predicted molar refractivity (Wildman–Crippen MR) is 138 cm³/mol. The second-order valence-corrected chi connectivity index (χ2v) is 10.1. The van der Waals surface area contributed by atoms with E-state index in [4.69, 9.17) is 21.3 Å². The summed E-state index contributed by atoms with van der Waals surface area (Å²) in [6.45, 7) is 5.93. The molecule has 34 heavy (non-hydrogen) atoms. The minimum absolute atomic E-state index is 0.0356. The van der Waals surface area contributed by atoms with Crippen LogP contribution in [0.1, 0.15) is 37.7 Å². The van der Waals surface area contributed by atoms with Gasteiger partial charge in [-0.05, 0) is 42.5 Å². The van der Waals surface area contributed by atoms with E-state index in [0.29, 0.717) is 38.6 Å². The molecule has 0 amide bonds. The molecule has 4 aromatic rings. The summed E-state index contributed by atoms with van der Waals surface area (Å²) in [5.74, 6) is 0.624. The third-order valence-corrected chi connectivity index (χ3v) is 5.83. The highest BCUT2D eigenvalue weighted by molar-refractivity contribution is 9.10. The average molecular weight is 543 g/mol. The number of hydrogen-bond acceptors (Lipinski definition) is 4. The van der Waals surface area contributed by atoms with Crippen molar-refractivity contribution in [3.8, 4) is 5.75 Å². The number of aromatic nitrogens is 2. The summed E-state index contributed by atoms with van der Waals surface area (Å²) in [6, 6.07) is 16.8. The molecule has 0 aliphatic rings. The Kier molecular flexibility index (Phi) is 6.86. The highest BCUT2D eigenvalue weighted by Gasteiger charge is 2.23. The van der Waals surface area contributed by atoms with Crippen LogP contribution in [-0.4, -0.2) is 15.9 Å². The van der Waals surface area contributed by atoms with E-state index in [1.165, 1.54) is 17.0 Å². The average Bonchev–Trinajstić information content (AvgIpc) is 2.78. The molecule has 0 radical (unpaired) electrons. The maximum atomic E-state index is 14.0. The highest BCUT2D eigenvalue weighted by Crippen LogP contribution is 2.25. The van der Waals surface area contributed by atoms with Gasteiger partial charge in [0.1, 0.15) is 24.0 Å². The van der Waals surface area contributed by atoms with Crippen LogP contribution in [0.15, 0.2) is 75.0 Å². The molecule has 0 unspecified atom stereocenters. The lowest BCUT2D eigenvalue weighted by atomic mass is 9.95. The fraction of sp³-hybridized carbons (Fsp3) is 0.192. The van der Waals surface area contributed by atoms with E-state index in [-0.39, 0.29) is 18.0 Å². The molecule has 0 saturated carbocycles. The minimum Gasteiger partial charge on any atom is -0.488 e. The van der Waals surface area contributed by atoms with E-state index in [1.807, 2.05) is 26.8 Å². The van der Waals surface area contributed by atoms with Crippen LogP contribution >= 0.6 is 27.5 Å². The second kappa shape index (κ2) is 9.68. The van der Waals surface area contributed by atoms with Gasteiger partial charge >= 0.3 is 0 Å². The van der Waals surface area contributed by atoms with E-state index >= 15 is 0 Å². The van der Waals surface area contributed by atoms with Crippen LogP contribution in [0.3, 0.4) is 0 Å². The second-order valence-electron chi connectivity index (χ2n) is 8.77. The number of hydrogen-bond donors (Lipinski definition) is 0. The zero-order valence-corrected chi connectivity index (χ0v) is 21.2. The van der Waals surface area contributed by atoms with Gasteiger partial charge in [0.05, 0.1) is 17.1 Å². The molecule has 174 valence electrons. The van der Waals surface area contributed by atoms with Crippen LogP contribution in [0.5, 0.6) is 5.75 Å². The largest absolute Gasteiger partial charge is 0.488 e. The Balaban J connectivity index is 1.77. The zero-order chi connectivity index (χ0) is 24.5. The molecule has 8 heteroatoms. The van der Waals surface area contributed by atoms with Gasteiger partial charge in [0, 0.05) is 26.0 Å². The van der Waals surface area contributed by atoms with Crippen molar-refractivity contribution >= 4 is 44.6 Å². The summed E-state index contributed by atoms with van der Waals surface area (Å²) in [7, 11) is 0. The smallest absolute Gasteiger partial charge is 0.282 e. The Bertz CT molecular complexity index is 1460. The molecular weight excluding hydrogens is 521 g/mol. The molecule has 0 atom stereocenters. The molecular formula is C26H22BrClFN3O2. The van der Waals surface area contributed by atoms with Gasteiger partial charge in [-0.25, -0.2) is 9.37 Å². The molecule has 4 rings (SSSR count). The fourth-order valence-corrected chi connectivity index (χ4v) is 3.93.